The molecule has 0 aliphatic carbocycles. The zero-order valence-electron chi connectivity index (χ0n) is 14.8. The summed E-state index contributed by atoms with van der Waals surface area (Å²) in [4.78, 5) is 28.8. The summed E-state index contributed by atoms with van der Waals surface area (Å²) in [7, 11) is 0. The number of hydrogen-bond acceptors (Lipinski definition) is 5. The molecule has 1 unspecified atom stereocenters. The van der Waals surface area contributed by atoms with Crippen molar-refractivity contribution in [2.45, 2.75) is 32.1 Å². The van der Waals surface area contributed by atoms with Gasteiger partial charge in [0.2, 0.25) is 23.6 Å². The number of benzene rings is 1. The first-order chi connectivity index (χ1) is 12.6. The SMILES string of the molecule is Cc1nnc(C2CCN(C(=O)C3CC(=O)N(c4ccccc4)C3)CC2)o1. The molecule has 0 bridgehead atoms. The Balaban J connectivity index is 1.36. The topological polar surface area (TPSA) is 79.5 Å². The molecule has 3 heterocycles. The third kappa shape index (κ3) is 3.21. The van der Waals surface area contributed by atoms with Crippen LogP contribution in [0.2, 0.25) is 0 Å². The van der Waals surface area contributed by atoms with Crippen molar-refractivity contribution in [1.29, 1.82) is 0 Å². The fourth-order valence-corrected chi connectivity index (χ4v) is 3.81. The predicted molar refractivity (Wildman–Crippen MR) is 94.5 cm³/mol. The Morgan fingerprint density at radius 3 is 2.54 bits per heavy atom. The molecule has 0 N–H and O–H groups in total. The van der Waals surface area contributed by atoms with Crippen molar-refractivity contribution < 1.29 is 14.0 Å². The molecule has 1 atom stereocenters. The van der Waals surface area contributed by atoms with E-state index in [1.807, 2.05) is 35.2 Å². The summed E-state index contributed by atoms with van der Waals surface area (Å²) in [5, 5.41) is 7.98. The lowest BCUT2D eigenvalue weighted by atomic mass is 9.95. The van der Waals surface area contributed by atoms with Gasteiger partial charge in [0.15, 0.2) is 0 Å². The number of aromatic nitrogens is 2. The summed E-state index contributed by atoms with van der Waals surface area (Å²) in [5.74, 6) is 1.30. The lowest BCUT2D eigenvalue weighted by Crippen LogP contribution is -2.42. The van der Waals surface area contributed by atoms with Gasteiger partial charge in [-0.2, -0.15) is 0 Å². The number of carbonyl (C=O) groups excluding carboxylic acids is 2. The highest BCUT2D eigenvalue weighted by molar-refractivity contribution is 6.00. The molecule has 2 saturated heterocycles. The van der Waals surface area contributed by atoms with E-state index in [4.69, 9.17) is 4.42 Å². The lowest BCUT2D eigenvalue weighted by Gasteiger charge is -2.32. The molecule has 7 nitrogen and oxygen atoms in total. The van der Waals surface area contributed by atoms with Gasteiger partial charge in [0.05, 0.1) is 5.92 Å². The molecule has 1 aromatic carbocycles. The minimum Gasteiger partial charge on any atom is -0.425 e. The number of rotatable bonds is 3. The smallest absolute Gasteiger partial charge is 0.228 e. The lowest BCUT2D eigenvalue weighted by molar-refractivity contribution is -0.136. The maximum absolute atomic E-state index is 12.9. The summed E-state index contributed by atoms with van der Waals surface area (Å²) in [6, 6.07) is 9.54. The van der Waals surface area contributed by atoms with E-state index in [-0.39, 0.29) is 30.1 Å². The highest BCUT2D eigenvalue weighted by Crippen LogP contribution is 2.30. The molecule has 2 aromatic rings. The summed E-state index contributed by atoms with van der Waals surface area (Å²) >= 11 is 0. The van der Waals surface area contributed by atoms with E-state index < -0.39 is 0 Å². The first-order valence-electron chi connectivity index (χ1n) is 9.06. The number of likely N-dealkylation sites (tertiary alicyclic amines) is 1. The van der Waals surface area contributed by atoms with Gasteiger partial charge >= 0.3 is 0 Å². The molecule has 136 valence electrons. The van der Waals surface area contributed by atoms with Crippen molar-refractivity contribution >= 4 is 17.5 Å². The van der Waals surface area contributed by atoms with Gasteiger partial charge in [0.25, 0.3) is 0 Å². The third-order valence-corrected chi connectivity index (χ3v) is 5.24. The quantitative estimate of drug-likeness (QED) is 0.844. The average Bonchev–Trinajstić information content (AvgIpc) is 3.28. The fourth-order valence-electron chi connectivity index (χ4n) is 3.81. The molecular formula is C19H22N4O3. The first kappa shape index (κ1) is 16.8. The highest BCUT2D eigenvalue weighted by atomic mass is 16.4. The predicted octanol–water partition coefficient (Wildman–Crippen LogP) is 2.14. The molecule has 7 heteroatoms. The Morgan fingerprint density at radius 2 is 1.88 bits per heavy atom. The van der Waals surface area contributed by atoms with Crippen LogP contribution in [0.1, 0.15) is 37.0 Å². The van der Waals surface area contributed by atoms with Crippen LogP contribution in [0.4, 0.5) is 5.69 Å². The maximum atomic E-state index is 12.9. The molecule has 0 radical (unpaired) electrons. The zero-order valence-corrected chi connectivity index (χ0v) is 14.8. The molecule has 26 heavy (non-hydrogen) atoms. The molecule has 2 aliphatic heterocycles. The van der Waals surface area contributed by atoms with E-state index in [9.17, 15) is 9.59 Å². The van der Waals surface area contributed by atoms with Gasteiger partial charge in [0.1, 0.15) is 0 Å². The fraction of sp³-hybridized carbons (Fsp3) is 0.474. The van der Waals surface area contributed by atoms with Crippen LogP contribution in [0.3, 0.4) is 0 Å². The zero-order chi connectivity index (χ0) is 18.1. The van der Waals surface area contributed by atoms with Gasteiger partial charge in [0, 0.05) is 44.6 Å². The minimum absolute atomic E-state index is 0.0192. The molecule has 0 spiro atoms. The summed E-state index contributed by atoms with van der Waals surface area (Å²) in [5.41, 5.74) is 0.860. The van der Waals surface area contributed by atoms with Crippen LogP contribution in [-0.2, 0) is 9.59 Å². The molecule has 4 rings (SSSR count). The Labute approximate surface area is 152 Å². The van der Waals surface area contributed by atoms with Gasteiger partial charge in [-0.15, -0.1) is 10.2 Å². The van der Waals surface area contributed by atoms with Gasteiger partial charge in [-0.3, -0.25) is 9.59 Å². The van der Waals surface area contributed by atoms with Gasteiger partial charge < -0.3 is 14.2 Å². The van der Waals surface area contributed by atoms with Gasteiger partial charge in [-0.1, -0.05) is 18.2 Å². The van der Waals surface area contributed by atoms with Crippen LogP contribution in [-0.4, -0.2) is 46.5 Å². The van der Waals surface area contributed by atoms with E-state index >= 15 is 0 Å². The Hall–Kier alpha value is -2.70. The number of aryl methyl sites for hydroxylation is 1. The number of amides is 2. The van der Waals surface area contributed by atoms with Crippen LogP contribution in [0.25, 0.3) is 0 Å². The van der Waals surface area contributed by atoms with Gasteiger partial charge in [-0.25, -0.2) is 0 Å². The largest absolute Gasteiger partial charge is 0.425 e. The Bertz CT molecular complexity index is 796. The second-order valence-electron chi connectivity index (χ2n) is 7.00. The van der Waals surface area contributed by atoms with Crippen LogP contribution < -0.4 is 4.90 Å². The average molecular weight is 354 g/mol. The number of carbonyl (C=O) groups is 2. The second-order valence-corrected chi connectivity index (χ2v) is 7.00. The molecule has 1 aromatic heterocycles. The van der Waals surface area contributed by atoms with Crippen molar-refractivity contribution in [2.75, 3.05) is 24.5 Å². The third-order valence-electron chi connectivity index (χ3n) is 5.24. The summed E-state index contributed by atoms with van der Waals surface area (Å²) in [6.45, 7) is 3.58. The number of para-hydroxylation sites is 1. The van der Waals surface area contributed by atoms with Crippen LogP contribution in [0.5, 0.6) is 0 Å². The standard InChI is InChI=1S/C19H22N4O3/c1-13-20-21-18(26-13)14-7-9-22(10-8-14)19(25)15-11-17(24)23(12-15)16-5-3-2-4-6-16/h2-6,14-15H,7-12H2,1H3. The van der Waals surface area contributed by atoms with E-state index in [0.29, 0.717) is 31.4 Å². The Morgan fingerprint density at radius 1 is 1.15 bits per heavy atom. The Kier molecular flexibility index (Phi) is 4.44. The van der Waals surface area contributed by atoms with E-state index in [2.05, 4.69) is 10.2 Å². The van der Waals surface area contributed by atoms with Gasteiger partial charge in [-0.05, 0) is 25.0 Å². The highest BCUT2D eigenvalue weighted by Gasteiger charge is 2.38. The monoisotopic (exact) mass is 354 g/mol. The summed E-state index contributed by atoms with van der Waals surface area (Å²) < 4.78 is 5.52. The van der Waals surface area contributed by atoms with E-state index in [1.165, 1.54) is 0 Å². The molecule has 2 fully saturated rings. The number of piperidine rings is 1. The molecule has 2 aliphatic rings. The summed E-state index contributed by atoms with van der Waals surface area (Å²) in [6.07, 6.45) is 1.92. The van der Waals surface area contributed by atoms with E-state index in [1.54, 1.807) is 11.8 Å². The number of hydrogen-bond donors (Lipinski definition) is 0. The van der Waals surface area contributed by atoms with Crippen molar-refractivity contribution in [2.24, 2.45) is 5.92 Å². The van der Waals surface area contributed by atoms with Crippen molar-refractivity contribution in [3.63, 3.8) is 0 Å². The van der Waals surface area contributed by atoms with Crippen molar-refractivity contribution in [1.82, 2.24) is 15.1 Å². The van der Waals surface area contributed by atoms with E-state index in [0.717, 1.165) is 18.5 Å². The van der Waals surface area contributed by atoms with Crippen molar-refractivity contribution in [3.8, 4) is 0 Å². The van der Waals surface area contributed by atoms with Crippen LogP contribution >= 0.6 is 0 Å². The molecular weight excluding hydrogens is 332 g/mol. The van der Waals surface area contributed by atoms with Crippen LogP contribution in [0, 0.1) is 12.8 Å². The second kappa shape index (κ2) is 6.90. The maximum Gasteiger partial charge on any atom is 0.228 e. The number of anilines is 1. The minimum atomic E-state index is -0.259. The molecule has 2 amide bonds. The normalized spacial score (nSPS) is 21.4. The van der Waals surface area contributed by atoms with Crippen LogP contribution in [0.15, 0.2) is 34.7 Å². The van der Waals surface area contributed by atoms with Crippen molar-refractivity contribution in [3.05, 3.63) is 42.1 Å². The first-order valence-corrected chi connectivity index (χ1v) is 9.06. The molecule has 0 saturated carbocycles. The number of nitrogens with zero attached hydrogens (tertiary/aromatic N) is 4.